The highest BCUT2D eigenvalue weighted by Gasteiger charge is 2.03. The van der Waals surface area contributed by atoms with Crippen molar-refractivity contribution in [2.45, 2.75) is 51.6 Å². The van der Waals surface area contributed by atoms with Crippen LogP contribution in [0.2, 0.25) is 0 Å². The quantitative estimate of drug-likeness (QED) is 0.549. The van der Waals surface area contributed by atoms with E-state index in [1.807, 2.05) is 18.2 Å². The van der Waals surface area contributed by atoms with Gasteiger partial charge >= 0.3 is 0 Å². The van der Waals surface area contributed by atoms with E-state index >= 15 is 0 Å². The zero-order valence-corrected chi connectivity index (χ0v) is 11.0. The predicted octanol–water partition coefficient (Wildman–Crippen LogP) is 4.94. The van der Waals surface area contributed by atoms with Crippen LogP contribution >= 0.6 is 0 Å². The van der Waals surface area contributed by atoms with Gasteiger partial charge in [-0.3, -0.25) is 0 Å². The molecule has 0 aromatic heterocycles. The van der Waals surface area contributed by atoms with Gasteiger partial charge in [-0.05, 0) is 18.9 Å². The Kier molecular flexibility index (Phi) is 7.74. The summed E-state index contributed by atoms with van der Waals surface area (Å²) in [5, 5.41) is 0. The average molecular weight is 233 g/mol. The van der Waals surface area contributed by atoms with Gasteiger partial charge in [-0.15, -0.1) is 0 Å². The molecule has 17 heavy (non-hydrogen) atoms. The molecular formula is C16H25O. The number of hydrogen-bond donors (Lipinski definition) is 0. The van der Waals surface area contributed by atoms with Crippen LogP contribution in [0, 0.1) is 6.92 Å². The summed E-state index contributed by atoms with van der Waals surface area (Å²) in [6.45, 7) is 7.11. The molecule has 1 aromatic rings. The molecule has 1 heteroatoms. The molecule has 0 bridgehead atoms. The van der Waals surface area contributed by atoms with E-state index in [0.29, 0.717) is 0 Å². The SMILES string of the molecule is [CH2]C(OCCCCCCCC)c1ccccc1. The summed E-state index contributed by atoms with van der Waals surface area (Å²) < 4.78 is 5.72. The van der Waals surface area contributed by atoms with Gasteiger partial charge in [0.1, 0.15) is 0 Å². The summed E-state index contributed by atoms with van der Waals surface area (Å²) in [6.07, 6.45) is 7.79. The minimum Gasteiger partial charge on any atom is -0.374 e. The van der Waals surface area contributed by atoms with Crippen molar-refractivity contribution in [1.82, 2.24) is 0 Å². The van der Waals surface area contributed by atoms with Gasteiger partial charge in [-0.1, -0.05) is 69.4 Å². The van der Waals surface area contributed by atoms with Crippen LogP contribution in [-0.4, -0.2) is 6.61 Å². The Labute approximate surface area is 106 Å². The van der Waals surface area contributed by atoms with Gasteiger partial charge in [0, 0.05) is 6.61 Å². The van der Waals surface area contributed by atoms with Gasteiger partial charge in [-0.25, -0.2) is 0 Å². The highest BCUT2D eigenvalue weighted by molar-refractivity contribution is 5.18. The Balaban J connectivity index is 2.03. The van der Waals surface area contributed by atoms with Crippen LogP contribution in [0.5, 0.6) is 0 Å². The monoisotopic (exact) mass is 233 g/mol. The predicted molar refractivity (Wildman–Crippen MR) is 73.9 cm³/mol. The van der Waals surface area contributed by atoms with Crippen molar-refractivity contribution in [3.05, 3.63) is 42.8 Å². The molecule has 1 radical (unpaired) electrons. The third-order valence-corrected chi connectivity index (χ3v) is 2.99. The molecule has 0 saturated carbocycles. The lowest BCUT2D eigenvalue weighted by atomic mass is 10.1. The Bertz CT molecular complexity index is 268. The lowest BCUT2D eigenvalue weighted by Crippen LogP contribution is -2.01. The van der Waals surface area contributed by atoms with Crippen molar-refractivity contribution in [1.29, 1.82) is 0 Å². The van der Waals surface area contributed by atoms with Crippen molar-refractivity contribution in [2.75, 3.05) is 6.61 Å². The topological polar surface area (TPSA) is 9.23 Å². The van der Waals surface area contributed by atoms with E-state index in [9.17, 15) is 0 Å². The molecule has 0 fully saturated rings. The molecule has 0 aliphatic carbocycles. The summed E-state index contributed by atoms with van der Waals surface area (Å²) in [7, 11) is 0. The van der Waals surface area contributed by atoms with Crippen LogP contribution in [-0.2, 0) is 4.74 Å². The second-order valence-corrected chi connectivity index (χ2v) is 4.54. The smallest absolute Gasteiger partial charge is 0.0826 e. The van der Waals surface area contributed by atoms with Crippen LogP contribution in [0.25, 0.3) is 0 Å². The molecule has 1 unspecified atom stereocenters. The molecular weight excluding hydrogens is 208 g/mol. The van der Waals surface area contributed by atoms with Gasteiger partial charge in [0.25, 0.3) is 0 Å². The molecule has 0 heterocycles. The lowest BCUT2D eigenvalue weighted by molar-refractivity contribution is 0.0800. The Morgan fingerprint density at radius 3 is 2.35 bits per heavy atom. The zero-order chi connectivity index (χ0) is 12.3. The lowest BCUT2D eigenvalue weighted by Gasteiger charge is -2.13. The maximum absolute atomic E-state index is 5.72. The van der Waals surface area contributed by atoms with Gasteiger partial charge < -0.3 is 4.74 Å². The van der Waals surface area contributed by atoms with Crippen LogP contribution in [0.4, 0.5) is 0 Å². The van der Waals surface area contributed by atoms with E-state index < -0.39 is 0 Å². The molecule has 1 aromatic carbocycles. The Morgan fingerprint density at radius 1 is 1.00 bits per heavy atom. The largest absolute Gasteiger partial charge is 0.374 e. The van der Waals surface area contributed by atoms with Crippen LogP contribution < -0.4 is 0 Å². The van der Waals surface area contributed by atoms with Gasteiger partial charge in [0.05, 0.1) is 6.10 Å². The fourth-order valence-corrected chi connectivity index (χ4v) is 1.87. The first kappa shape index (κ1) is 14.2. The van der Waals surface area contributed by atoms with E-state index in [4.69, 9.17) is 4.74 Å². The van der Waals surface area contributed by atoms with E-state index in [1.165, 1.54) is 37.7 Å². The summed E-state index contributed by atoms with van der Waals surface area (Å²) in [4.78, 5) is 0. The maximum Gasteiger partial charge on any atom is 0.0826 e. The molecule has 0 saturated heterocycles. The standard InChI is InChI=1S/C16H25O/c1-3-4-5-6-7-11-14-17-15(2)16-12-9-8-10-13-16/h8-10,12-13,15H,2-7,11,14H2,1H3. The average Bonchev–Trinajstić information content (AvgIpc) is 2.38. The zero-order valence-electron chi connectivity index (χ0n) is 11.0. The van der Waals surface area contributed by atoms with Gasteiger partial charge in [-0.2, -0.15) is 0 Å². The first-order chi connectivity index (χ1) is 8.34. The number of benzene rings is 1. The summed E-state index contributed by atoms with van der Waals surface area (Å²) >= 11 is 0. The van der Waals surface area contributed by atoms with Crippen LogP contribution in [0.1, 0.15) is 57.1 Å². The highest BCUT2D eigenvalue weighted by Crippen LogP contribution is 2.16. The number of rotatable bonds is 9. The molecule has 0 amide bonds. The van der Waals surface area contributed by atoms with E-state index in [-0.39, 0.29) is 6.10 Å². The molecule has 1 atom stereocenters. The van der Waals surface area contributed by atoms with E-state index in [1.54, 1.807) is 0 Å². The minimum absolute atomic E-state index is 0.0214. The van der Waals surface area contributed by atoms with Crippen LogP contribution in [0.15, 0.2) is 30.3 Å². The number of hydrogen-bond acceptors (Lipinski definition) is 1. The van der Waals surface area contributed by atoms with Gasteiger partial charge in [0.2, 0.25) is 0 Å². The minimum atomic E-state index is -0.0214. The first-order valence-corrected chi connectivity index (χ1v) is 6.84. The summed E-state index contributed by atoms with van der Waals surface area (Å²) in [5.74, 6) is 0. The van der Waals surface area contributed by atoms with Crippen molar-refractivity contribution < 1.29 is 4.74 Å². The van der Waals surface area contributed by atoms with Crippen LogP contribution in [0.3, 0.4) is 0 Å². The maximum atomic E-state index is 5.72. The number of ether oxygens (including phenoxy) is 1. The van der Waals surface area contributed by atoms with Crippen molar-refractivity contribution >= 4 is 0 Å². The Morgan fingerprint density at radius 2 is 1.65 bits per heavy atom. The molecule has 0 spiro atoms. The highest BCUT2D eigenvalue weighted by atomic mass is 16.5. The fraction of sp³-hybridized carbons (Fsp3) is 0.562. The molecule has 95 valence electrons. The van der Waals surface area contributed by atoms with E-state index in [2.05, 4.69) is 26.0 Å². The molecule has 1 nitrogen and oxygen atoms in total. The Hall–Kier alpha value is -0.820. The normalized spacial score (nSPS) is 12.6. The first-order valence-electron chi connectivity index (χ1n) is 6.84. The third-order valence-electron chi connectivity index (χ3n) is 2.99. The molecule has 0 N–H and O–H groups in total. The van der Waals surface area contributed by atoms with Crippen molar-refractivity contribution in [3.63, 3.8) is 0 Å². The molecule has 0 aliphatic rings. The third kappa shape index (κ3) is 6.48. The van der Waals surface area contributed by atoms with Crippen molar-refractivity contribution in [2.24, 2.45) is 0 Å². The summed E-state index contributed by atoms with van der Waals surface area (Å²) in [5.41, 5.74) is 1.17. The van der Waals surface area contributed by atoms with E-state index in [0.717, 1.165) is 13.0 Å². The fourth-order valence-electron chi connectivity index (χ4n) is 1.87. The summed E-state index contributed by atoms with van der Waals surface area (Å²) in [6, 6.07) is 10.2. The van der Waals surface area contributed by atoms with Gasteiger partial charge in [0.15, 0.2) is 0 Å². The molecule has 1 rings (SSSR count). The second kappa shape index (κ2) is 9.23. The molecule has 0 aliphatic heterocycles. The van der Waals surface area contributed by atoms with Crippen molar-refractivity contribution in [3.8, 4) is 0 Å². The number of unbranched alkanes of at least 4 members (excludes halogenated alkanes) is 5. The second-order valence-electron chi connectivity index (χ2n) is 4.54.